The summed E-state index contributed by atoms with van der Waals surface area (Å²) >= 11 is 6.08. The van der Waals surface area contributed by atoms with E-state index in [0.717, 1.165) is 37.3 Å². The molecular formula is C20H25ClN2O2. The highest BCUT2D eigenvalue weighted by atomic mass is 35.5. The van der Waals surface area contributed by atoms with Gasteiger partial charge in [-0.25, -0.2) is 4.79 Å². The Morgan fingerprint density at radius 2 is 2.00 bits per heavy atom. The van der Waals surface area contributed by atoms with Gasteiger partial charge < -0.3 is 15.3 Å². The minimum Gasteiger partial charge on any atom is -0.389 e. The van der Waals surface area contributed by atoms with Crippen LogP contribution in [0.3, 0.4) is 0 Å². The summed E-state index contributed by atoms with van der Waals surface area (Å²) in [5.74, 6) is 1.48. The van der Waals surface area contributed by atoms with Gasteiger partial charge in [-0.15, -0.1) is 0 Å². The second-order valence-corrected chi connectivity index (χ2v) is 9.23. The van der Waals surface area contributed by atoms with E-state index in [2.05, 4.69) is 29.3 Å². The number of amides is 2. The van der Waals surface area contributed by atoms with Crippen molar-refractivity contribution < 1.29 is 9.90 Å². The molecule has 2 N–H and O–H groups in total. The van der Waals surface area contributed by atoms with Gasteiger partial charge in [-0.1, -0.05) is 23.7 Å². The number of hydrogen-bond acceptors (Lipinski definition) is 2. The molecule has 4 bridgehead atoms. The number of urea groups is 1. The van der Waals surface area contributed by atoms with E-state index >= 15 is 0 Å². The topological polar surface area (TPSA) is 52.6 Å². The first-order chi connectivity index (χ1) is 11.9. The maximum absolute atomic E-state index is 12.5. The fraction of sp³-hybridized carbons (Fsp3) is 0.650. The van der Waals surface area contributed by atoms with Crippen LogP contribution in [-0.2, 0) is 0 Å². The lowest BCUT2D eigenvalue weighted by molar-refractivity contribution is -0.169. The number of aliphatic hydroxyl groups is 1. The number of rotatable bonds is 2. The molecule has 134 valence electrons. The summed E-state index contributed by atoms with van der Waals surface area (Å²) in [4.78, 5) is 14.6. The average Bonchev–Trinajstić information content (AvgIpc) is 2.86. The Labute approximate surface area is 153 Å². The van der Waals surface area contributed by atoms with Gasteiger partial charge in [-0.2, -0.15) is 0 Å². The Hall–Kier alpha value is -1.26. The van der Waals surface area contributed by atoms with Crippen molar-refractivity contribution in [3.05, 3.63) is 34.9 Å². The summed E-state index contributed by atoms with van der Waals surface area (Å²) in [5.41, 5.74) is 0.552. The van der Waals surface area contributed by atoms with E-state index in [0.29, 0.717) is 17.8 Å². The summed E-state index contributed by atoms with van der Waals surface area (Å²) in [6.07, 6.45) is 4.00. The molecule has 0 radical (unpaired) electrons. The molecule has 4 nitrogen and oxygen atoms in total. The van der Waals surface area contributed by atoms with E-state index in [9.17, 15) is 9.90 Å². The minimum absolute atomic E-state index is 0.0758. The van der Waals surface area contributed by atoms with Gasteiger partial charge in [0.15, 0.2) is 0 Å². The van der Waals surface area contributed by atoms with Crippen LogP contribution in [-0.4, -0.2) is 40.3 Å². The van der Waals surface area contributed by atoms with Crippen LogP contribution in [0.2, 0.25) is 5.02 Å². The lowest BCUT2D eigenvalue weighted by Gasteiger charge is -2.63. The maximum Gasteiger partial charge on any atom is 0.318 e. The number of nitrogens with zero attached hydrogens (tertiary/aromatic N) is 1. The highest BCUT2D eigenvalue weighted by molar-refractivity contribution is 6.30. The van der Waals surface area contributed by atoms with E-state index < -0.39 is 5.60 Å². The van der Waals surface area contributed by atoms with Gasteiger partial charge >= 0.3 is 6.03 Å². The lowest BCUT2D eigenvalue weighted by atomic mass is 9.46. The van der Waals surface area contributed by atoms with Crippen molar-refractivity contribution in [3.8, 4) is 0 Å². The van der Waals surface area contributed by atoms with E-state index in [1.165, 1.54) is 5.56 Å². The quantitative estimate of drug-likeness (QED) is 0.849. The Morgan fingerprint density at radius 3 is 2.68 bits per heavy atom. The summed E-state index contributed by atoms with van der Waals surface area (Å²) < 4.78 is 0. The van der Waals surface area contributed by atoms with Gasteiger partial charge in [-0.3, -0.25) is 0 Å². The lowest BCUT2D eigenvalue weighted by Crippen LogP contribution is -2.65. The summed E-state index contributed by atoms with van der Waals surface area (Å²) in [6, 6.07) is 8.51. The molecule has 5 heteroatoms. The number of benzene rings is 1. The van der Waals surface area contributed by atoms with Crippen LogP contribution in [0.4, 0.5) is 4.79 Å². The molecule has 1 aromatic carbocycles. The van der Waals surface area contributed by atoms with Gasteiger partial charge in [0.2, 0.25) is 0 Å². The maximum atomic E-state index is 12.5. The molecule has 4 aliphatic carbocycles. The molecule has 0 spiro atoms. The fourth-order valence-corrected chi connectivity index (χ4v) is 6.74. The zero-order chi connectivity index (χ0) is 17.3. The second kappa shape index (κ2) is 5.37. The molecule has 5 aliphatic rings. The summed E-state index contributed by atoms with van der Waals surface area (Å²) in [6.45, 7) is 2.85. The molecule has 1 aromatic rings. The van der Waals surface area contributed by atoms with Crippen LogP contribution in [0.5, 0.6) is 0 Å². The predicted octanol–water partition coefficient (Wildman–Crippen LogP) is 3.39. The number of carbonyl (C=O) groups excluding carboxylic acids is 1. The number of hydrogen-bond donors (Lipinski definition) is 2. The van der Waals surface area contributed by atoms with Gasteiger partial charge in [-0.05, 0) is 68.1 Å². The smallest absolute Gasteiger partial charge is 0.318 e. The van der Waals surface area contributed by atoms with Crippen LogP contribution in [0.15, 0.2) is 24.3 Å². The number of nitrogens with one attached hydrogen (secondary N) is 1. The van der Waals surface area contributed by atoms with Crippen molar-refractivity contribution in [2.45, 2.75) is 56.2 Å². The van der Waals surface area contributed by atoms with Crippen LogP contribution >= 0.6 is 11.6 Å². The molecule has 25 heavy (non-hydrogen) atoms. The van der Waals surface area contributed by atoms with Gasteiger partial charge in [0, 0.05) is 29.6 Å². The Balaban J connectivity index is 1.55. The van der Waals surface area contributed by atoms with Crippen molar-refractivity contribution >= 4 is 17.6 Å². The van der Waals surface area contributed by atoms with E-state index in [4.69, 9.17) is 11.6 Å². The molecule has 1 heterocycles. The van der Waals surface area contributed by atoms with Crippen molar-refractivity contribution in [3.63, 3.8) is 0 Å². The van der Waals surface area contributed by atoms with Crippen LogP contribution in [0.25, 0.3) is 0 Å². The van der Waals surface area contributed by atoms with Crippen LogP contribution in [0.1, 0.15) is 44.1 Å². The van der Waals surface area contributed by atoms with Crippen molar-refractivity contribution in [1.29, 1.82) is 0 Å². The monoisotopic (exact) mass is 360 g/mol. The molecule has 1 saturated heterocycles. The summed E-state index contributed by atoms with van der Waals surface area (Å²) in [7, 11) is 0. The third-order valence-corrected chi connectivity index (χ3v) is 7.37. The van der Waals surface area contributed by atoms with E-state index in [1.807, 2.05) is 12.1 Å². The second-order valence-electron chi connectivity index (χ2n) is 8.80. The average molecular weight is 361 g/mol. The highest BCUT2D eigenvalue weighted by Gasteiger charge is 2.62. The predicted molar refractivity (Wildman–Crippen MR) is 96.6 cm³/mol. The highest BCUT2D eigenvalue weighted by Crippen LogP contribution is 2.62. The van der Waals surface area contributed by atoms with Crippen LogP contribution < -0.4 is 5.32 Å². The number of halogens is 1. The standard InChI is InChI=1S/C20H25ClN2O2/c1-11-10-23(19(24)22-11)18-14-6-12-7-16(18)17(20(25,8-12)9-14)13-2-4-15(21)5-3-13/h2-5,11-12,14,16-18,25H,6-10H2,1H3,(H,22,24). The molecule has 7 atom stereocenters. The Morgan fingerprint density at radius 1 is 1.24 bits per heavy atom. The third-order valence-electron chi connectivity index (χ3n) is 7.12. The first-order valence-electron chi connectivity index (χ1n) is 9.49. The molecule has 6 rings (SSSR count). The minimum atomic E-state index is -0.622. The van der Waals surface area contributed by atoms with Gasteiger partial charge in [0.1, 0.15) is 0 Å². The molecule has 5 fully saturated rings. The first kappa shape index (κ1) is 16.0. The third kappa shape index (κ3) is 2.33. The van der Waals surface area contributed by atoms with Crippen LogP contribution in [0, 0.1) is 17.8 Å². The number of carbonyl (C=O) groups is 1. The van der Waals surface area contributed by atoms with Gasteiger partial charge in [0.25, 0.3) is 0 Å². The molecule has 7 unspecified atom stereocenters. The molecule has 1 aliphatic heterocycles. The fourth-order valence-electron chi connectivity index (χ4n) is 6.62. The van der Waals surface area contributed by atoms with Crippen molar-refractivity contribution in [1.82, 2.24) is 10.2 Å². The van der Waals surface area contributed by atoms with Crippen molar-refractivity contribution in [2.75, 3.05) is 6.54 Å². The molecule has 4 saturated carbocycles. The Bertz CT molecular complexity index is 708. The Kier molecular flexibility index (Phi) is 3.43. The van der Waals surface area contributed by atoms with E-state index in [1.54, 1.807) is 0 Å². The van der Waals surface area contributed by atoms with E-state index in [-0.39, 0.29) is 24.0 Å². The first-order valence-corrected chi connectivity index (χ1v) is 9.87. The molecule has 2 amide bonds. The summed E-state index contributed by atoms with van der Waals surface area (Å²) in [5, 5.41) is 15.3. The molecular weight excluding hydrogens is 336 g/mol. The van der Waals surface area contributed by atoms with Crippen molar-refractivity contribution in [2.24, 2.45) is 17.8 Å². The largest absolute Gasteiger partial charge is 0.389 e. The van der Waals surface area contributed by atoms with Gasteiger partial charge in [0.05, 0.1) is 5.60 Å². The SMILES string of the molecule is CC1CN(C2C3CC4CC2C(c2ccc(Cl)cc2)C(O)(C4)C3)C(=O)N1. The normalized spacial score (nSPS) is 45.1. The molecule has 0 aromatic heterocycles. The zero-order valence-corrected chi connectivity index (χ0v) is 15.2. The zero-order valence-electron chi connectivity index (χ0n) is 14.5.